The van der Waals surface area contributed by atoms with Crippen LogP contribution in [-0.2, 0) is 0 Å². The lowest BCUT2D eigenvalue weighted by atomic mass is 10.2. The highest BCUT2D eigenvalue weighted by molar-refractivity contribution is 6.05. The Morgan fingerprint density at radius 2 is 1.83 bits per heavy atom. The van der Waals surface area contributed by atoms with Gasteiger partial charge in [-0.1, -0.05) is 11.6 Å². The number of anilines is 1. The third-order valence-electron chi connectivity index (χ3n) is 3.65. The van der Waals surface area contributed by atoms with Gasteiger partial charge in [0.05, 0.1) is 0 Å². The number of rotatable bonds is 2. The minimum absolute atomic E-state index is 0.280. The van der Waals surface area contributed by atoms with Crippen LogP contribution in [0.15, 0.2) is 51.3 Å². The Morgan fingerprint density at radius 1 is 1.00 bits per heavy atom. The average Bonchev–Trinajstić information content (AvgIpc) is 3.08. The number of nitrogens with one attached hydrogen (secondary N) is 1. The first kappa shape index (κ1) is 13.6. The Labute approximate surface area is 131 Å². The fourth-order valence-corrected chi connectivity index (χ4v) is 2.59. The van der Waals surface area contributed by atoms with Crippen molar-refractivity contribution < 1.29 is 13.6 Å². The van der Waals surface area contributed by atoms with Gasteiger partial charge in [-0.2, -0.15) is 0 Å². The molecule has 0 saturated heterocycles. The molecule has 0 fully saturated rings. The Balaban J connectivity index is 1.64. The summed E-state index contributed by atoms with van der Waals surface area (Å²) in [7, 11) is 0. The summed E-state index contributed by atoms with van der Waals surface area (Å²) in [6.07, 6.45) is 0. The molecular formula is C18H14N2O3. The molecule has 0 saturated carbocycles. The lowest BCUT2D eigenvalue weighted by Crippen LogP contribution is -2.10. The van der Waals surface area contributed by atoms with E-state index in [0.717, 1.165) is 10.9 Å². The summed E-state index contributed by atoms with van der Waals surface area (Å²) in [6.45, 7) is 3.79. The van der Waals surface area contributed by atoms with Gasteiger partial charge in [0.1, 0.15) is 11.1 Å². The molecule has 2 aromatic carbocycles. The van der Waals surface area contributed by atoms with Crippen LogP contribution < -0.4 is 5.32 Å². The van der Waals surface area contributed by atoms with E-state index in [1.165, 1.54) is 0 Å². The van der Waals surface area contributed by atoms with Gasteiger partial charge in [-0.15, -0.1) is 0 Å². The predicted molar refractivity (Wildman–Crippen MR) is 87.7 cm³/mol. The molecule has 0 radical (unpaired) electrons. The third-order valence-corrected chi connectivity index (χ3v) is 3.65. The van der Waals surface area contributed by atoms with Gasteiger partial charge in [0.15, 0.2) is 17.2 Å². The van der Waals surface area contributed by atoms with Crippen LogP contribution in [0, 0.1) is 13.8 Å². The monoisotopic (exact) mass is 306 g/mol. The highest BCUT2D eigenvalue weighted by atomic mass is 16.4. The van der Waals surface area contributed by atoms with E-state index in [0.29, 0.717) is 28.3 Å². The topological polar surface area (TPSA) is 68.3 Å². The van der Waals surface area contributed by atoms with E-state index in [2.05, 4.69) is 10.3 Å². The number of carbonyl (C=O) groups excluding carboxylic acids is 1. The lowest BCUT2D eigenvalue weighted by Gasteiger charge is -2.02. The summed E-state index contributed by atoms with van der Waals surface area (Å²) in [4.78, 5) is 16.6. The van der Waals surface area contributed by atoms with Gasteiger partial charge in [-0.05, 0) is 43.3 Å². The van der Waals surface area contributed by atoms with Crippen LogP contribution >= 0.6 is 0 Å². The molecule has 114 valence electrons. The van der Waals surface area contributed by atoms with Crippen molar-refractivity contribution in [3.8, 4) is 0 Å². The SMILES string of the molecule is Cc1ccc2oc(C(=O)Nc3ccc4oc(C)nc4c3)cc2c1. The van der Waals surface area contributed by atoms with E-state index in [1.54, 1.807) is 31.2 Å². The molecule has 4 rings (SSSR count). The summed E-state index contributed by atoms with van der Waals surface area (Å²) in [6, 6.07) is 12.9. The van der Waals surface area contributed by atoms with Gasteiger partial charge in [0, 0.05) is 18.0 Å². The number of carbonyl (C=O) groups is 1. The minimum atomic E-state index is -0.293. The van der Waals surface area contributed by atoms with Gasteiger partial charge in [-0.3, -0.25) is 4.79 Å². The molecule has 1 amide bonds. The summed E-state index contributed by atoms with van der Waals surface area (Å²) in [5.74, 6) is 0.580. The van der Waals surface area contributed by atoms with Crippen molar-refractivity contribution >= 4 is 33.7 Å². The molecular weight excluding hydrogens is 292 g/mol. The molecule has 0 bridgehead atoms. The van der Waals surface area contributed by atoms with E-state index in [-0.39, 0.29) is 11.7 Å². The van der Waals surface area contributed by atoms with Gasteiger partial charge in [0.25, 0.3) is 5.91 Å². The first-order valence-corrected chi connectivity index (χ1v) is 7.27. The molecule has 0 aliphatic heterocycles. The molecule has 1 N–H and O–H groups in total. The van der Waals surface area contributed by atoms with E-state index < -0.39 is 0 Å². The Bertz CT molecular complexity index is 1040. The van der Waals surface area contributed by atoms with Crippen molar-refractivity contribution in [2.45, 2.75) is 13.8 Å². The molecule has 2 heterocycles. The molecule has 5 nitrogen and oxygen atoms in total. The number of hydrogen-bond donors (Lipinski definition) is 1. The Morgan fingerprint density at radius 3 is 2.70 bits per heavy atom. The van der Waals surface area contributed by atoms with E-state index in [9.17, 15) is 4.79 Å². The normalized spacial score (nSPS) is 11.2. The van der Waals surface area contributed by atoms with Crippen LogP contribution in [0.25, 0.3) is 22.1 Å². The van der Waals surface area contributed by atoms with Crippen LogP contribution in [0.4, 0.5) is 5.69 Å². The summed E-state index contributed by atoms with van der Waals surface area (Å²) >= 11 is 0. The van der Waals surface area contributed by atoms with Crippen molar-refractivity contribution in [3.63, 3.8) is 0 Å². The molecule has 23 heavy (non-hydrogen) atoms. The molecule has 2 aromatic heterocycles. The van der Waals surface area contributed by atoms with Crippen molar-refractivity contribution in [1.82, 2.24) is 4.98 Å². The zero-order chi connectivity index (χ0) is 16.0. The number of furan rings is 1. The number of fused-ring (bicyclic) bond motifs is 2. The highest BCUT2D eigenvalue weighted by Gasteiger charge is 2.13. The first-order valence-electron chi connectivity index (χ1n) is 7.27. The number of nitrogens with zero attached hydrogens (tertiary/aromatic N) is 1. The van der Waals surface area contributed by atoms with Crippen LogP contribution in [0.2, 0.25) is 0 Å². The second-order valence-electron chi connectivity index (χ2n) is 5.52. The zero-order valence-electron chi connectivity index (χ0n) is 12.7. The van der Waals surface area contributed by atoms with Crippen LogP contribution in [0.3, 0.4) is 0 Å². The van der Waals surface area contributed by atoms with Crippen LogP contribution in [0.1, 0.15) is 22.0 Å². The van der Waals surface area contributed by atoms with Crippen molar-refractivity contribution in [2.75, 3.05) is 5.32 Å². The summed E-state index contributed by atoms with van der Waals surface area (Å²) in [5, 5.41) is 3.74. The number of oxazole rings is 1. The molecule has 0 aliphatic rings. The summed E-state index contributed by atoms with van der Waals surface area (Å²) in [5.41, 5.74) is 3.87. The van der Waals surface area contributed by atoms with E-state index in [1.807, 2.05) is 25.1 Å². The van der Waals surface area contributed by atoms with E-state index >= 15 is 0 Å². The third kappa shape index (κ3) is 2.46. The maximum absolute atomic E-state index is 12.4. The largest absolute Gasteiger partial charge is 0.451 e. The van der Waals surface area contributed by atoms with E-state index in [4.69, 9.17) is 8.83 Å². The van der Waals surface area contributed by atoms with Crippen molar-refractivity contribution in [3.05, 3.63) is 59.7 Å². The molecule has 0 spiro atoms. The first-order chi connectivity index (χ1) is 11.1. The second-order valence-corrected chi connectivity index (χ2v) is 5.52. The van der Waals surface area contributed by atoms with Crippen LogP contribution in [0.5, 0.6) is 0 Å². The Kier molecular flexibility index (Phi) is 2.94. The number of hydrogen-bond acceptors (Lipinski definition) is 4. The maximum atomic E-state index is 12.4. The van der Waals surface area contributed by atoms with Gasteiger partial charge >= 0.3 is 0 Å². The predicted octanol–water partition coefficient (Wildman–Crippen LogP) is 4.44. The molecule has 0 atom stereocenters. The highest BCUT2D eigenvalue weighted by Crippen LogP contribution is 2.23. The smallest absolute Gasteiger partial charge is 0.291 e. The van der Waals surface area contributed by atoms with Crippen molar-refractivity contribution in [2.24, 2.45) is 0 Å². The van der Waals surface area contributed by atoms with Crippen molar-refractivity contribution in [1.29, 1.82) is 0 Å². The average molecular weight is 306 g/mol. The molecule has 0 aliphatic carbocycles. The minimum Gasteiger partial charge on any atom is -0.451 e. The van der Waals surface area contributed by atoms with Gasteiger partial charge < -0.3 is 14.2 Å². The standard InChI is InChI=1S/C18H14N2O3/c1-10-3-5-15-12(7-10)8-17(23-15)18(21)20-13-4-6-16-14(9-13)19-11(2)22-16/h3-9H,1-2H3,(H,20,21). The number of aromatic nitrogens is 1. The van der Waals surface area contributed by atoms with Gasteiger partial charge in [0.2, 0.25) is 0 Å². The van der Waals surface area contributed by atoms with Gasteiger partial charge in [-0.25, -0.2) is 4.98 Å². The number of amides is 1. The lowest BCUT2D eigenvalue weighted by molar-refractivity contribution is 0.0998. The zero-order valence-corrected chi connectivity index (χ0v) is 12.7. The number of benzene rings is 2. The quantitative estimate of drug-likeness (QED) is 0.594. The second kappa shape index (κ2) is 4.98. The molecule has 5 heteroatoms. The molecule has 0 unspecified atom stereocenters. The molecule has 4 aromatic rings. The Hall–Kier alpha value is -3.08. The van der Waals surface area contributed by atoms with Crippen LogP contribution in [-0.4, -0.2) is 10.9 Å². The number of aryl methyl sites for hydroxylation is 2. The summed E-state index contributed by atoms with van der Waals surface area (Å²) < 4.78 is 11.0. The maximum Gasteiger partial charge on any atom is 0.291 e. The fraction of sp³-hybridized carbons (Fsp3) is 0.111. The fourth-order valence-electron chi connectivity index (χ4n) is 2.59.